The van der Waals surface area contributed by atoms with E-state index in [1.165, 1.54) is 16.7 Å². The van der Waals surface area contributed by atoms with Gasteiger partial charge >= 0.3 is 0 Å². The van der Waals surface area contributed by atoms with Gasteiger partial charge in [0.1, 0.15) is 18.5 Å². The van der Waals surface area contributed by atoms with Gasteiger partial charge in [-0.2, -0.15) is 0 Å². The van der Waals surface area contributed by atoms with Crippen LogP contribution >= 0.6 is 0 Å². The molecule has 0 aliphatic heterocycles. The minimum Gasteiger partial charge on any atom is -0.491 e. The van der Waals surface area contributed by atoms with E-state index in [0.717, 1.165) is 25.3 Å². The van der Waals surface area contributed by atoms with Crippen LogP contribution in [-0.2, 0) is 19.5 Å². The lowest BCUT2D eigenvalue weighted by atomic mass is 10.1. The van der Waals surface area contributed by atoms with Gasteiger partial charge in [-0.25, -0.2) is 0 Å². The highest BCUT2D eigenvalue weighted by atomic mass is 16.5. The van der Waals surface area contributed by atoms with Crippen molar-refractivity contribution < 1.29 is 9.84 Å². The predicted molar refractivity (Wildman–Crippen MR) is 114 cm³/mol. The quantitative estimate of drug-likeness (QED) is 0.558. The maximum Gasteiger partial charge on any atom is 0.119 e. The number of rotatable bonds is 10. The van der Waals surface area contributed by atoms with Crippen molar-refractivity contribution in [3.05, 3.63) is 102 Å². The van der Waals surface area contributed by atoms with Crippen molar-refractivity contribution in [3.8, 4) is 5.75 Å². The van der Waals surface area contributed by atoms with Gasteiger partial charge in [0, 0.05) is 19.6 Å². The largest absolute Gasteiger partial charge is 0.491 e. The Balaban J connectivity index is 1.58. The minimum atomic E-state index is -0.557. The van der Waals surface area contributed by atoms with Crippen LogP contribution in [0.4, 0.5) is 0 Å². The summed E-state index contributed by atoms with van der Waals surface area (Å²) in [5.41, 5.74) is 3.76. The van der Waals surface area contributed by atoms with Crippen molar-refractivity contribution in [2.45, 2.75) is 32.5 Å². The first-order valence-electron chi connectivity index (χ1n) is 9.93. The summed E-state index contributed by atoms with van der Waals surface area (Å²) in [4.78, 5) is 2.26. The molecular weight excluding hydrogens is 346 g/mol. The van der Waals surface area contributed by atoms with E-state index < -0.39 is 6.10 Å². The van der Waals surface area contributed by atoms with E-state index in [0.29, 0.717) is 6.54 Å². The second-order valence-corrected chi connectivity index (χ2v) is 7.10. The highest BCUT2D eigenvalue weighted by Crippen LogP contribution is 2.14. The molecule has 146 valence electrons. The average Bonchev–Trinajstić information content (AvgIpc) is 2.74. The van der Waals surface area contributed by atoms with Crippen LogP contribution in [0.3, 0.4) is 0 Å². The van der Waals surface area contributed by atoms with Gasteiger partial charge in [-0.15, -0.1) is 0 Å². The molecule has 1 unspecified atom stereocenters. The molecule has 3 aromatic rings. The van der Waals surface area contributed by atoms with Gasteiger partial charge in [0.15, 0.2) is 0 Å². The van der Waals surface area contributed by atoms with Crippen molar-refractivity contribution >= 4 is 0 Å². The van der Waals surface area contributed by atoms with Crippen LogP contribution in [0.2, 0.25) is 0 Å². The Hall–Kier alpha value is -2.62. The van der Waals surface area contributed by atoms with Crippen LogP contribution in [0.5, 0.6) is 5.75 Å². The smallest absolute Gasteiger partial charge is 0.119 e. The zero-order chi connectivity index (χ0) is 19.6. The number of aliphatic hydroxyl groups is 1. The summed E-state index contributed by atoms with van der Waals surface area (Å²) < 4.78 is 5.79. The molecule has 28 heavy (non-hydrogen) atoms. The van der Waals surface area contributed by atoms with Gasteiger partial charge in [0.25, 0.3) is 0 Å². The Morgan fingerprint density at radius 2 is 1.29 bits per heavy atom. The number of aliphatic hydroxyl groups excluding tert-OH is 1. The zero-order valence-electron chi connectivity index (χ0n) is 16.5. The monoisotopic (exact) mass is 375 g/mol. The molecule has 3 aromatic carbocycles. The molecule has 0 radical (unpaired) electrons. The fourth-order valence-corrected chi connectivity index (χ4v) is 3.23. The normalized spacial score (nSPS) is 12.1. The van der Waals surface area contributed by atoms with Crippen LogP contribution in [0, 0.1) is 0 Å². The maximum absolute atomic E-state index is 10.6. The van der Waals surface area contributed by atoms with Crippen molar-refractivity contribution in [2.75, 3.05) is 13.2 Å². The molecule has 1 N–H and O–H groups in total. The SMILES string of the molecule is CCc1ccc(OCC(O)CN(Cc2ccccc2)Cc2ccccc2)cc1. The average molecular weight is 376 g/mol. The lowest BCUT2D eigenvalue weighted by molar-refractivity contribution is 0.0628. The fraction of sp³-hybridized carbons (Fsp3) is 0.280. The van der Waals surface area contributed by atoms with Gasteiger partial charge in [-0.1, -0.05) is 79.7 Å². The summed E-state index contributed by atoms with van der Waals surface area (Å²) in [6.45, 7) is 4.55. The topological polar surface area (TPSA) is 32.7 Å². The van der Waals surface area contributed by atoms with E-state index in [1.807, 2.05) is 24.3 Å². The van der Waals surface area contributed by atoms with E-state index in [2.05, 4.69) is 72.5 Å². The molecule has 0 spiro atoms. The van der Waals surface area contributed by atoms with Gasteiger partial charge < -0.3 is 9.84 Å². The number of ether oxygens (including phenoxy) is 1. The minimum absolute atomic E-state index is 0.283. The summed E-state index contributed by atoms with van der Waals surface area (Å²) in [6, 6.07) is 28.8. The summed E-state index contributed by atoms with van der Waals surface area (Å²) in [5, 5.41) is 10.6. The number of benzene rings is 3. The van der Waals surface area contributed by atoms with Crippen LogP contribution in [0.1, 0.15) is 23.6 Å². The first-order chi connectivity index (χ1) is 13.7. The molecule has 1 atom stereocenters. The summed E-state index contributed by atoms with van der Waals surface area (Å²) in [5.74, 6) is 0.800. The van der Waals surface area contributed by atoms with Gasteiger partial charge in [-0.05, 0) is 35.2 Å². The summed E-state index contributed by atoms with van der Waals surface area (Å²) in [7, 11) is 0. The lowest BCUT2D eigenvalue weighted by Crippen LogP contribution is -2.35. The summed E-state index contributed by atoms with van der Waals surface area (Å²) in [6.07, 6.45) is 0.454. The molecule has 0 aromatic heterocycles. The van der Waals surface area contributed by atoms with E-state index in [1.54, 1.807) is 0 Å². The standard InChI is InChI=1S/C25H29NO2/c1-2-21-13-15-25(16-14-21)28-20-24(27)19-26(17-22-9-5-3-6-10-22)18-23-11-7-4-8-12-23/h3-16,24,27H,2,17-20H2,1H3. The number of nitrogens with zero attached hydrogens (tertiary/aromatic N) is 1. The molecule has 0 saturated heterocycles. The molecule has 0 aliphatic rings. The Bertz CT molecular complexity index is 761. The molecule has 0 saturated carbocycles. The van der Waals surface area contributed by atoms with Crippen LogP contribution in [0.15, 0.2) is 84.9 Å². The molecule has 3 rings (SSSR count). The van der Waals surface area contributed by atoms with E-state index in [-0.39, 0.29) is 6.61 Å². The third-order valence-corrected chi connectivity index (χ3v) is 4.74. The Morgan fingerprint density at radius 3 is 1.79 bits per heavy atom. The maximum atomic E-state index is 10.6. The lowest BCUT2D eigenvalue weighted by Gasteiger charge is -2.25. The molecule has 3 nitrogen and oxygen atoms in total. The summed E-state index contributed by atoms with van der Waals surface area (Å²) >= 11 is 0. The first-order valence-corrected chi connectivity index (χ1v) is 9.93. The highest BCUT2D eigenvalue weighted by molar-refractivity contribution is 5.27. The van der Waals surface area contributed by atoms with Gasteiger partial charge in [0.05, 0.1) is 0 Å². The second-order valence-electron chi connectivity index (χ2n) is 7.10. The van der Waals surface area contributed by atoms with E-state index in [9.17, 15) is 5.11 Å². The van der Waals surface area contributed by atoms with Crippen LogP contribution in [-0.4, -0.2) is 29.3 Å². The van der Waals surface area contributed by atoms with Crippen molar-refractivity contribution in [3.63, 3.8) is 0 Å². The molecule has 0 aliphatic carbocycles. The van der Waals surface area contributed by atoms with Gasteiger partial charge in [-0.3, -0.25) is 4.90 Å². The predicted octanol–water partition coefficient (Wildman–Crippen LogP) is 4.69. The van der Waals surface area contributed by atoms with Crippen LogP contribution in [0.25, 0.3) is 0 Å². The van der Waals surface area contributed by atoms with Crippen molar-refractivity contribution in [2.24, 2.45) is 0 Å². The second kappa shape index (κ2) is 10.6. The zero-order valence-corrected chi connectivity index (χ0v) is 16.5. The van der Waals surface area contributed by atoms with E-state index in [4.69, 9.17) is 4.74 Å². The first kappa shape index (κ1) is 20.1. The molecule has 0 heterocycles. The van der Waals surface area contributed by atoms with Crippen molar-refractivity contribution in [1.29, 1.82) is 0 Å². The molecule has 0 amide bonds. The van der Waals surface area contributed by atoms with Crippen molar-refractivity contribution in [1.82, 2.24) is 4.90 Å². The van der Waals surface area contributed by atoms with Crippen LogP contribution < -0.4 is 4.74 Å². The third-order valence-electron chi connectivity index (χ3n) is 4.74. The fourth-order valence-electron chi connectivity index (χ4n) is 3.23. The Morgan fingerprint density at radius 1 is 0.750 bits per heavy atom. The number of aryl methyl sites for hydroxylation is 1. The molecule has 3 heteroatoms. The number of hydrogen-bond acceptors (Lipinski definition) is 3. The Kier molecular flexibility index (Phi) is 7.65. The molecular formula is C25H29NO2. The van der Waals surface area contributed by atoms with E-state index >= 15 is 0 Å². The molecule has 0 bridgehead atoms. The Labute approximate surface area is 168 Å². The molecule has 0 fully saturated rings. The highest BCUT2D eigenvalue weighted by Gasteiger charge is 2.14. The number of hydrogen-bond donors (Lipinski definition) is 1. The van der Waals surface area contributed by atoms with Gasteiger partial charge in [0.2, 0.25) is 0 Å². The third kappa shape index (κ3) is 6.52.